The van der Waals surface area contributed by atoms with Crippen LogP contribution in [0.1, 0.15) is 0 Å². The largest absolute Gasteiger partial charge is 0.437 e. The summed E-state index contributed by atoms with van der Waals surface area (Å²) < 4.78 is 55.7. The van der Waals surface area contributed by atoms with E-state index >= 15 is 0 Å². The van der Waals surface area contributed by atoms with E-state index in [1.807, 2.05) is 45.8 Å². The third-order valence-electron chi connectivity index (χ3n) is 3.63. The quantitative estimate of drug-likeness (QED) is 0.201. The topological polar surface area (TPSA) is 83.1 Å². The van der Waals surface area contributed by atoms with Crippen molar-refractivity contribution in [3.63, 3.8) is 0 Å². The molecular weight excluding hydrogens is 617 g/mol. The second-order valence-corrected chi connectivity index (χ2v) is 41.5. The monoisotopic (exact) mass is 664 g/mol. The van der Waals surface area contributed by atoms with Crippen LogP contribution < -0.4 is 0 Å². The fourth-order valence-electron chi connectivity index (χ4n) is 4.27. The van der Waals surface area contributed by atoms with Gasteiger partial charge in [0.05, 0.1) is 0 Å². The zero-order valence-corrected chi connectivity index (χ0v) is 34.7. The molecule has 19 heteroatoms. The Kier molecular flexibility index (Phi) is 14.1. The molecule has 0 heterocycles. The van der Waals surface area contributed by atoms with Gasteiger partial charge in [0.25, 0.3) is 0 Å². The standard InChI is InChI=1S/C16H48O9Si10/c1-28(18-27-17-26)19-30(5,6)21-32(9,10)23-34(13,14)25-35(15,16)24-33(11,12)22-31(7,8)20-29(2,3)4/h1-16H3. The molecule has 6 radical (unpaired) electrons. The van der Waals surface area contributed by atoms with Crippen LogP contribution in [0.25, 0.3) is 0 Å². The van der Waals surface area contributed by atoms with Crippen LogP contribution in [0, 0.1) is 0 Å². The molecule has 0 N–H and O–H groups in total. The Labute approximate surface area is 230 Å². The van der Waals surface area contributed by atoms with E-state index in [0.717, 1.165) is 0 Å². The van der Waals surface area contributed by atoms with Gasteiger partial charge in [-0.05, 0) is 105 Å². The van der Waals surface area contributed by atoms with Crippen molar-refractivity contribution in [2.45, 2.75) is 105 Å². The second-order valence-electron chi connectivity index (χ2n) is 12.0. The summed E-state index contributed by atoms with van der Waals surface area (Å²) in [6, 6.07) is 0. The summed E-state index contributed by atoms with van der Waals surface area (Å²) in [6.45, 7) is 33.1. The van der Waals surface area contributed by atoms with E-state index in [1.165, 1.54) is 0 Å². The third kappa shape index (κ3) is 18.7. The van der Waals surface area contributed by atoms with E-state index < -0.39 is 69.0 Å². The summed E-state index contributed by atoms with van der Waals surface area (Å²) in [5.74, 6) is 0. The molecule has 0 amide bonds. The maximum atomic E-state index is 6.62. The lowest BCUT2D eigenvalue weighted by molar-refractivity contribution is 0.262. The molecule has 0 unspecified atom stereocenters. The van der Waals surface area contributed by atoms with Crippen molar-refractivity contribution < 1.29 is 37.0 Å². The normalized spacial score (nSPS) is 15.3. The number of rotatable bonds is 17. The first-order chi connectivity index (χ1) is 15.2. The van der Waals surface area contributed by atoms with Crippen LogP contribution in [0.15, 0.2) is 0 Å². The lowest BCUT2D eigenvalue weighted by atomic mass is 11.8. The van der Waals surface area contributed by atoms with Crippen LogP contribution in [-0.4, -0.2) is 89.5 Å². The Hall–Kier alpha value is 1.81. The van der Waals surface area contributed by atoms with Crippen molar-refractivity contribution in [1.29, 1.82) is 0 Å². The predicted molar refractivity (Wildman–Crippen MR) is 161 cm³/mol. The molecule has 0 atom stereocenters. The Morgan fingerprint density at radius 2 is 0.771 bits per heavy atom. The van der Waals surface area contributed by atoms with Gasteiger partial charge < -0.3 is 37.0 Å². The van der Waals surface area contributed by atoms with Crippen LogP contribution in [-0.2, 0) is 37.0 Å². The van der Waals surface area contributed by atoms with Gasteiger partial charge in [0, 0.05) is 0 Å². The number of hydrogen-bond acceptors (Lipinski definition) is 9. The molecule has 0 aromatic rings. The third-order valence-corrected chi connectivity index (χ3v) is 32.6. The molecule has 0 aromatic heterocycles. The van der Waals surface area contributed by atoms with Crippen molar-refractivity contribution in [3.8, 4) is 0 Å². The Morgan fingerprint density at radius 1 is 0.486 bits per heavy atom. The van der Waals surface area contributed by atoms with Gasteiger partial charge in [0.2, 0.25) is 10.5 Å². The highest BCUT2D eigenvalue weighted by Crippen LogP contribution is 2.28. The summed E-state index contributed by atoms with van der Waals surface area (Å²) in [5, 5.41) is 0. The van der Waals surface area contributed by atoms with Gasteiger partial charge in [0.1, 0.15) is 0 Å². The van der Waals surface area contributed by atoms with E-state index in [4.69, 9.17) is 37.0 Å². The van der Waals surface area contributed by atoms with E-state index in [-0.39, 0.29) is 10.0 Å². The average Bonchev–Trinajstić information content (AvgIpc) is 2.42. The smallest absolute Gasteiger partial charge is 0.411 e. The molecule has 0 fully saturated rings. The molecular formula is C16H48O9Si10. The van der Waals surface area contributed by atoms with Crippen LogP contribution in [0.4, 0.5) is 0 Å². The van der Waals surface area contributed by atoms with E-state index in [1.54, 1.807) is 0 Å². The van der Waals surface area contributed by atoms with Gasteiger partial charge in [-0.3, -0.25) is 0 Å². The van der Waals surface area contributed by atoms with Gasteiger partial charge in [0.15, 0.2) is 8.32 Å². The van der Waals surface area contributed by atoms with Gasteiger partial charge in [-0.25, -0.2) is 0 Å². The average molecular weight is 665 g/mol. The number of hydrogen-bond donors (Lipinski definition) is 0. The molecule has 0 aliphatic carbocycles. The summed E-state index contributed by atoms with van der Waals surface area (Å²) in [6.07, 6.45) is 0. The van der Waals surface area contributed by atoms with Crippen molar-refractivity contribution in [2.75, 3.05) is 0 Å². The van der Waals surface area contributed by atoms with Crippen LogP contribution >= 0.6 is 0 Å². The van der Waals surface area contributed by atoms with Crippen molar-refractivity contribution in [3.05, 3.63) is 0 Å². The van der Waals surface area contributed by atoms with Crippen LogP contribution in [0.5, 0.6) is 0 Å². The van der Waals surface area contributed by atoms with E-state index in [2.05, 4.69) is 69.4 Å². The minimum Gasteiger partial charge on any atom is -0.437 e. The van der Waals surface area contributed by atoms with Crippen molar-refractivity contribution in [1.82, 2.24) is 0 Å². The van der Waals surface area contributed by atoms with Gasteiger partial charge in [-0.2, -0.15) is 0 Å². The van der Waals surface area contributed by atoms with Crippen molar-refractivity contribution in [2.24, 2.45) is 0 Å². The van der Waals surface area contributed by atoms with E-state index in [0.29, 0.717) is 0 Å². The first kappa shape index (κ1) is 36.8. The molecule has 0 spiro atoms. The maximum absolute atomic E-state index is 6.62. The van der Waals surface area contributed by atoms with Gasteiger partial charge in [-0.1, -0.05) is 0 Å². The Morgan fingerprint density at radius 3 is 1.06 bits per heavy atom. The zero-order chi connectivity index (χ0) is 28.1. The summed E-state index contributed by atoms with van der Waals surface area (Å²) in [4.78, 5) is 0. The Balaban J connectivity index is 5.19. The summed E-state index contributed by atoms with van der Waals surface area (Å²) in [7, 11) is -15.4. The van der Waals surface area contributed by atoms with Gasteiger partial charge in [-0.15, -0.1) is 0 Å². The minimum atomic E-state index is -2.59. The second kappa shape index (κ2) is 13.4. The minimum absolute atomic E-state index is 0.111. The zero-order valence-electron chi connectivity index (χ0n) is 24.7. The highest BCUT2D eigenvalue weighted by atomic mass is 28.5. The fraction of sp³-hybridized carbons (Fsp3) is 1.00. The first-order valence-corrected chi connectivity index (χ1v) is 35.0. The molecule has 0 saturated heterocycles. The maximum Gasteiger partial charge on any atom is 0.411 e. The molecule has 0 bridgehead atoms. The first-order valence-electron chi connectivity index (χ1n) is 11.7. The SMILES string of the molecule is C[Si](O[Si]O[Si])O[Si](C)(C)O[Si](C)(C)O[Si](C)(C)O[Si](C)(C)O[Si](C)(C)O[Si](C)(C)O[Si](C)(C)C. The molecule has 0 saturated carbocycles. The fourth-order valence-corrected chi connectivity index (χ4v) is 41.4. The highest BCUT2D eigenvalue weighted by molar-refractivity contribution is 6.91. The molecule has 0 aliphatic heterocycles. The summed E-state index contributed by atoms with van der Waals surface area (Å²) >= 11 is 0. The van der Waals surface area contributed by atoms with E-state index in [9.17, 15) is 0 Å². The van der Waals surface area contributed by atoms with Crippen LogP contribution in [0.3, 0.4) is 0 Å². The van der Waals surface area contributed by atoms with Crippen LogP contribution in [0.2, 0.25) is 105 Å². The summed E-state index contributed by atoms with van der Waals surface area (Å²) in [5.41, 5.74) is 0. The molecule has 0 rings (SSSR count). The molecule has 35 heavy (non-hydrogen) atoms. The molecule has 206 valence electrons. The molecule has 0 aromatic carbocycles. The molecule has 0 aliphatic rings. The lowest BCUT2D eigenvalue weighted by Gasteiger charge is -2.43. The van der Waals surface area contributed by atoms with Gasteiger partial charge >= 0.3 is 70.7 Å². The Bertz CT molecular complexity index is 656. The lowest BCUT2D eigenvalue weighted by Crippen LogP contribution is -2.61. The highest BCUT2D eigenvalue weighted by Gasteiger charge is 2.48. The van der Waals surface area contributed by atoms with Crippen molar-refractivity contribution >= 4 is 89.5 Å². The predicted octanol–water partition coefficient (Wildman–Crippen LogP) is 4.92. The molecule has 9 nitrogen and oxygen atoms in total.